The Morgan fingerprint density at radius 2 is 1.52 bits per heavy atom. The van der Waals surface area contributed by atoms with Crippen LogP contribution in [0.3, 0.4) is 0 Å². The van der Waals surface area contributed by atoms with E-state index in [-0.39, 0.29) is 5.38 Å². The maximum atomic E-state index is 6.56. The molecule has 0 spiro atoms. The fraction of sp³-hybridized carbons (Fsp3) is 0.368. The zero-order valence-electron chi connectivity index (χ0n) is 12.2. The quantitative estimate of drug-likeness (QED) is 0.585. The Kier molecular flexibility index (Phi) is 4.82. The Labute approximate surface area is 131 Å². The number of halogens is 1. The normalized spacial score (nSPS) is 16.8. The van der Waals surface area contributed by atoms with Crippen LogP contribution < -0.4 is 4.74 Å². The maximum absolute atomic E-state index is 6.56. The summed E-state index contributed by atoms with van der Waals surface area (Å²) >= 11 is 6.56. The van der Waals surface area contributed by atoms with Gasteiger partial charge in [-0.05, 0) is 42.2 Å². The van der Waals surface area contributed by atoms with Crippen LogP contribution in [0.4, 0.5) is 0 Å². The number of hydrogen-bond donors (Lipinski definition) is 0. The zero-order valence-corrected chi connectivity index (χ0v) is 12.9. The van der Waals surface area contributed by atoms with E-state index in [9.17, 15) is 0 Å². The molecule has 0 radical (unpaired) electrons. The van der Waals surface area contributed by atoms with Gasteiger partial charge in [-0.25, -0.2) is 0 Å². The van der Waals surface area contributed by atoms with Crippen LogP contribution in [0.5, 0.6) is 11.5 Å². The van der Waals surface area contributed by atoms with Crippen molar-refractivity contribution in [1.29, 1.82) is 0 Å². The van der Waals surface area contributed by atoms with E-state index in [0.717, 1.165) is 23.8 Å². The van der Waals surface area contributed by atoms with Gasteiger partial charge in [-0.3, -0.25) is 0 Å². The highest BCUT2D eigenvalue weighted by Gasteiger charge is 2.19. The molecule has 1 aliphatic rings. The van der Waals surface area contributed by atoms with Crippen molar-refractivity contribution in [3.8, 4) is 11.5 Å². The van der Waals surface area contributed by atoms with Crippen LogP contribution in [-0.2, 0) is 0 Å². The molecule has 2 heteroatoms. The van der Waals surface area contributed by atoms with Crippen LogP contribution in [0.15, 0.2) is 54.6 Å². The third-order valence-corrected chi connectivity index (χ3v) is 4.67. The lowest BCUT2D eigenvalue weighted by Gasteiger charge is -2.15. The van der Waals surface area contributed by atoms with Crippen LogP contribution in [0.25, 0.3) is 0 Å². The van der Waals surface area contributed by atoms with Crippen LogP contribution in [0.1, 0.15) is 43.0 Å². The molecule has 0 heterocycles. The largest absolute Gasteiger partial charge is 0.457 e. The summed E-state index contributed by atoms with van der Waals surface area (Å²) in [6.07, 6.45) is 6.54. The van der Waals surface area contributed by atoms with Gasteiger partial charge in [-0.2, -0.15) is 0 Å². The first kappa shape index (κ1) is 14.5. The third-order valence-electron chi connectivity index (χ3n) is 4.24. The van der Waals surface area contributed by atoms with E-state index >= 15 is 0 Å². The minimum atomic E-state index is 0.124. The molecule has 1 saturated carbocycles. The van der Waals surface area contributed by atoms with E-state index in [1.807, 2.05) is 42.5 Å². The third kappa shape index (κ3) is 4.01. The molecule has 21 heavy (non-hydrogen) atoms. The first-order chi connectivity index (χ1) is 10.3. The molecule has 2 aromatic carbocycles. The molecule has 1 atom stereocenters. The minimum absolute atomic E-state index is 0.124. The highest BCUT2D eigenvalue weighted by atomic mass is 35.5. The summed E-state index contributed by atoms with van der Waals surface area (Å²) in [5, 5.41) is 0.124. The predicted octanol–water partition coefficient (Wildman–Crippen LogP) is 6.34. The van der Waals surface area contributed by atoms with Gasteiger partial charge in [0, 0.05) is 0 Å². The molecule has 0 aromatic heterocycles. The fourth-order valence-electron chi connectivity index (χ4n) is 3.04. The van der Waals surface area contributed by atoms with Crippen LogP contribution in [-0.4, -0.2) is 0 Å². The summed E-state index contributed by atoms with van der Waals surface area (Å²) in [6, 6.07) is 18.0. The predicted molar refractivity (Wildman–Crippen MR) is 88.1 cm³/mol. The molecule has 2 aromatic rings. The average molecular weight is 301 g/mol. The Balaban J connectivity index is 1.60. The van der Waals surface area contributed by atoms with Crippen molar-refractivity contribution in [2.24, 2.45) is 5.92 Å². The molecule has 0 N–H and O–H groups in total. The lowest BCUT2D eigenvalue weighted by molar-refractivity contribution is 0.481. The fourth-order valence-corrected chi connectivity index (χ4v) is 3.44. The van der Waals surface area contributed by atoms with Crippen molar-refractivity contribution >= 4 is 11.6 Å². The first-order valence-electron chi connectivity index (χ1n) is 7.78. The Morgan fingerprint density at radius 1 is 0.905 bits per heavy atom. The molecule has 1 aliphatic carbocycles. The summed E-state index contributed by atoms with van der Waals surface area (Å²) in [5.74, 6) is 2.53. The molecule has 0 amide bonds. The second kappa shape index (κ2) is 7.00. The number of ether oxygens (including phenoxy) is 1. The van der Waals surface area contributed by atoms with Crippen molar-refractivity contribution < 1.29 is 4.74 Å². The highest BCUT2D eigenvalue weighted by Crippen LogP contribution is 2.36. The van der Waals surface area contributed by atoms with Crippen molar-refractivity contribution in [1.82, 2.24) is 0 Å². The van der Waals surface area contributed by atoms with Gasteiger partial charge in [-0.1, -0.05) is 56.0 Å². The number of benzene rings is 2. The monoisotopic (exact) mass is 300 g/mol. The molecular formula is C19H21ClO. The highest BCUT2D eigenvalue weighted by molar-refractivity contribution is 6.20. The average Bonchev–Trinajstić information content (AvgIpc) is 3.02. The number of rotatable bonds is 5. The first-order valence-corrected chi connectivity index (χ1v) is 8.22. The van der Waals surface area contributed by atoms with Gasteiger partial charge in [0.25, 0.3) is 0 Å². The van der Waals surface area contributed by atoms with Crippen molar-refractivity contribution in [3.05, 3.63) is 60.2 Å². The van der Waals surface area contributed by atoms with E-state index in [0.29, 0.717) is 0 Å². The van der Waals surface area contributed by atoms with Crippen LogP contribution in [0, 0.1) is 5.92 Å². The maximum Gasteiger partial charge on any atom is 0.127 e. The Bertz CT molecular complexity index is 544. The van der Waals surface area contributed by atoms with Crippen molar-refractivity contribution in [3.63, 3.8) is 0 Å². The standard InChI is InChI=1S/C19H21ClO/c20-19(14-15-6-4-5-7-15)16-10-12-18(13-11-16)21-17-8-2-1-3-9-17/h1-3,8-13,15,19H,4-7,14H2. The van der Waals surface area contributed by atoms with Gasteiger partial charge in [0.05, 0.1) is 5.38 Å². The lowest BCUT2D eigenvalue weighted by Crippen LogP contribution is -1.99. The van der Waals surface area contributed by atoms with E-state index in [1.54, 1.807) is 0 Å². The van der Waals surface area contributed by atoms with Crippen LogP contribution >= 0.6 is 11.6 Å². The molecule has 0 aliphatic heterocycles. The SMILES string of the molecule is ClC(CC1CCCC1)c1ccc(Oc2ccccc2)cc1. The number of hydrogen-bond acceptors (Lipinski definition) is 1. The van der Waals surface area contributed by atoms with Gasteiger partial charge >= 0.3 is 0 Å². The van der Waals surface area contributed by atoms with Gasteiger partial charge in [-0.15, -0.1) is 11.6 Å². The summed E-state index contributed by atoms with van der Waals surface area (Å²) in [6.45, 7) is 0. The smallest absolute Gasteiger partial charge is 0.127 e. The summed E-state index contributed by atoms with van der Waals surface area (Å²) in [4.78, 5) is 0. The van der Waals surface area contributed by atoms with Gasteiger partial charge in [0.15, 0.2) is 0 Å². The minimum Gasteiger partial charge on any atom is -0.457 e. The number of para-hydroxylation sites is 1. The second-order valence-corrected chi connectivity index (χ2v) is 6.36. The van der Waals surface area contributed by atoms with Crippen molar-refractivity contribution in [2.45, 2.75) is 37.5 Å². The Morgan fingerprint density at radius 3 is 2.19 bits per heavy atom. The molecule has 3 rings (SSSR count). The summed E-state index contributed by atoms with van der Waals surface area (Å²) in [7, 11) is 0. The topological polar surface area (TPSA) is 9.23 Å². The van der Waals surface area contributed by atoms with Gasteiger partial charge < -0.3 is 4.74 Å². The van der Waals surface area contributed by atoms with Crippen molar-refractivity contribution in [2.75, 3.05) is 0 Å². The van der Waals surface area contributed by atoms with Gasteiger partial charge in [0.2, 0.25) is 0 Å². The summed E-state index contributed by atoms with van der Waals surface area (Å²) in [5.41, 5.74) is 1.20. The Hall–Kier alpha value is -1.47. The molecule has 1 unspecified atom stereocenters. The van der Waals surface area contributed by atoms with E-state index < -0.39 is 0 Å². The van der Waals surface area contributed by atoms with E-state index in [4.69, 9.17) is 16.3 Å². The van der Waals surface area contributed by atoms with Gasteiger partial charge in [0.1, 0.15) is 11.5 Å². The van der Waals surface area contributed by atoms with E-state index in [2.05, 4.69) is 12.1 Å². The molecule has 1 nitrogen and oxygen atoms in total. The lowest BCUT2D eigenvalue weighted by atomic mass is 9.98. The van der Waals surface area contributed by atoms with Crippen LogP contribution in [0.2, 0.25) is 0 Å². The molecule has 110 valence electrons. The zero-order chi connectivity index (χ0) is 14.5. The van der Waals surface area contributed by atoms with E-state index in [1.165, 1.54) is 31.2 Å². The molecule has 1 fully saturated rings. The summed E-state index contributed by atoms with van der Waals surface area (Å²) < 4.78 is 5.80. The molecule has 0 saturated heterocycles. The number of alkyl halides is 1. The second-order valence-electron chi connectivity index (χ2n) is 5.84. The molecule has 0 bridgehead atoms. The molecular weight excluding hydrogens is 280 g/mol.